The lowest BCUT2D eigenvalue weighted by atomic mass is 9.98. The van der Waals surface area contributed by atoms with Gasteiger partial charge in [0.1, 0.15) is 0 Å². The second kappa shape index (κ2) is 6.94. The molecule has 2 aromatic rings. The Morgan fingerprint density at radius 2 is 2.05 bits per heavy atom. The molecule has 0 aliphatic heterocycles. The van der Waals surface area contributed by atoms with Crippen LogP contribution in [0.5, 0.6) is 0 Å². The maximum atomic E-state index is 12.8. The first-order valence-electron chi connectivity index (χ1n) is 6.47. The highest BCUT2D eigenvalue weighted by molar-refractivity contribution is 9.10. The monoisotopic (exact) mass is 377 g/mol. The molecule has 6 heteroatoms. The summed E-state index contributed by atoms with van der Waals surface area (Å²) in [5, 5.41) is 7.17. The summed E-state index contributed by atoms with van der Waals surface area (Å²) in [6.45, 7) is 0. The van der Waals surface area contributed by atoms with E-state index in [1.165, 1.54) is 17.7 Å². The van der Waals surface area contributed by atoms with E-state index in [1.54, 1.807) is 18.4 Å². The van der Waals surface area contributed by atoms with Crippen LogP contribution in [0.25, 0.3) is 0 Å². The Balaban J connectivity index is 2.20. The van der Waals surface area contributed by atoms with Gasteiger partial charge in [0.25, 0.3) is 0 Å². The molecule has 0 amide bonds. The van der Waals surface area contributed by atoms with Gasteiger partial charge >= 0.3 is 6.18 Å². The third-order valence-electron chi connectivity index (χ3n) is 3.35. The SMILES string of the molecule is CNC(CCc1ccsc1)c1cc(C(F)(F)F)ccc1Br. The van der Waals surface area contributed by atoms with Gasteiger partial charge in [-0.15, -0.1) is 0 Å². The lowest BCUT2D eigenvalue weighted by Gasteiger charge is -2.19. The number of hydrogen-bond acceptors (Lipinski definition) is 2. The van der Waals surface area contributed by atoms with E-state index in [2.05, 4.69) is 26.6 Å². The number of aryl methyl sites for hydroxylation is 1. The molecule has 1 N–H and O–H groups in total. The molecule has 0 saturated carbocycles. The van der Waals surface area contributed by atoms with Crippen LogP contribution < -0.4 is 5.32 Å². The van der Waals surface area contributed by atoms with Crippen LogP contribution in [-0.2, 0) is 12.6 Å². The molecular formula is C15H15BrF3NS. The van der Waals surface area contributed by atoms with Crippen LogP contribution in [0.1, 0.15) is 29.2 Å². The standard InChI is InChI=1S/C15H15BrF3NS/c1-20-14(5-2-10-6-7-21-9-10)12-8-11(15(17,18)19)3-4-13(12)16/h3-4,6-9,14,20H,2,5H2,1H3. The van der Waals surface area contributed by atoms with Crippen LogP contribution in [0.4, 0.5) is 13.2 Å². The van der Waals surface area contributed by atoms with Gasteiger partial charge in [0, 0.05) is 10.5 Å². The first kappa shape index (κ1) is 16.5. The van der Waals surface area contributed by atoms with E-state index in [4.69, 9.17) is 0 Å². The van der Waals surface area contributed by atoms with Gasteiger partial charge in [-0.25, -0.2) is 0 Å². The topological polar surface area (TPSA) is 12.0 Å². The summed E-state index contributed by atoms with van der Waals surface area (Å²) in [4.78, 5) is 0. The number of benzene rings is 1. The van der Waals surface area contributed by atoms with Crippen molar-refractivity contribution in [3.63, 3.8) is 0 Å². The minimum absolute atomic E-state index is 0.124. The molecule has 0 saturated heterocycles. The Morgan fingerprint density at radius 1 is 1.29 bits per heavy atom. The number of halogens is 4. The lowest BCUT2D eigenvalue weighted by Crippen LogP contribution is -2.18. The number of hydrogen-bond donors (Lipinski definition) is 1. The molecule has 0 fully saturated rings. The van der Waals surface area contributed by atoms with Gasteiger partial charge in [-0.3, -0.25) is 0 Å². The van der Waals surface area contributed by atoms with Gasteiger partial charge in [-0.2, -0.15) is 24.5 Å². The van der Waals surface area contributed by atoms with Crippen molar-refractivity contribution in [2.45, 2.75) is 25.1 Å². The lowest BCUT2D eigenvalue weighted by molar-refractivity contribution is -0.137. The van der Waals surface area contributed by atoms with Crippen molar-refractivity contribution in [1.82, 2.24) is 5.32 Å². The van der Waals surface area contributed by atoms with Crippen LogP contribution in [0, 0.1) is 0 Å². The maximum Gasteiger partial charge on any atom is 0.416 e. The van der Waals surface area contributed by atoms with Gasteiger partial charge in [-0.05, 0) is 66.0 Å². The molecule has 1 aromatic heterocycles. The Kier molecular flexibility index (Phi) is 5.46. The number of rotatable bonds is 5. The van der Waals surface area contributed by atoms with Gasteiger partial charge < -0.3 is 5.32 Å². The quantitative estimate of drug-likeness (QED) is 0.732. The molecule has 1 aromatic carbocycles. The molecule has 0 spiro atoms. The number of nitrogens with one attached hydrogen (secondary N) is 1. The Morgan fingerprint density at radius 3 is 2.62 bits per heavy atom. The van der Waals surface area contributed by atoms with E-state index in [0.29, 0.717) is 10.0 Å². The normalized spacial score (nSPS) is 13.4. The summed E-state index contributed by atoms with van der Waals surface area (Å²) in [5.41, 5.74) is 1.24. The highest BCUT2D eigenvalue weighted by Crippen LogP contribution is 2.35. The summed E-state index contributed by atoms with van der Waals surface area (Å²) >= 11 is 4.98. The average Bonchev–Trinajstić information content (AvgIpc) is 2.93. The molecule has 0 radical (unpaired) electrons. The zero-order valence-corrected chi connectivity index (χ0v) is 13.8. The molecule has 0 aliphatic rings. The molecule has 1 heterocycles. The van der Waals surface area contributed by atoms with Crippen molar-refractivity contribution in [1.29, 1.82) is 0 Å². The van der Waals surface area contributed by atoms with Gasteiger partial charge in [0.05, 0.1) is 5.56 Å². The zero-order chi connectivity index (χ0) is 15.5. The third kappa shape index (κ3) is 4.31. The highest BCUT2D eigenvalue weighted by Gasteiger charge is 2.31. The summed E-state index contributed by atoms with van der Waals surface area (Å²) in [5.74, 6) is 0. The van der Waals surface area contributed by atoms with Crippen LogP contribution >= 0.6 is 27.3 Å². The smallest absolute Gasteiger partial charge is 0.313 e. The molecule has 114 valence electrons. The fraction of sp³-hybridized carbons (Fsp3) is 0.333. The van der Waals surface area contributed by atoms with E-state index in [0.717, 1.165) is 18.9 Å². The van der Waals surface area contributed by atoms with Crippen LogP contribution in [0.3, 0.4) is 0 Å². The van der Waals surface area contributed by atoms with Gasteiger partial charge in [-0.1, -0.05) is 15.9 Å². The molecule has 0 aliphatic carbocycles. The zero-order valence-electron chi connectivity index (χ0n) is 11.4. The first-order valence-corrected chi connectivity index (χ1v) is 8.20. The molecule has 0 bridgehead atoms. The second-order valence-corrected chi connectivity index (χ2v) is 6.38. The largest absolute Gasteiger partial charge is 0.416 e. The molecule has 1 atom stereocenters. The van der Waals surface area contributed by atoms with Crippen molar-refractivity contribution in [3.8, 4) is 0 Å². The second-order valence-electron chi connectivity index (χ2n) is 4.75. The summed E-state index contributed by atoms with van der Waals surface area (Å²) in [6, 6.07) is 5.70. The predicted molar refractivity (Wildman–Crippen MR) is 83.6 cm³/mol. The molecule has 21 heavy (non-hydrogen) atoms. The summed E-state index contributed by atoms with van der Waals surface area (Å²) in [6.07, 6.45) is -2.74. The van der Waals surface area contributed by atoms with Crippen LogP contribution in [0.15, 0.2) is 39.5 Å². The van der Waals surface area contributed by atoms with Crippen LogP contribution in [0.2, 0.25) is 0 Å². The van der Waals surface area contributed by atoms with Crippen molar-refractivity contribution < 1.29 is 13.2 Å². The van der Waals surface area contributed by atoms with E-state index in [-0.39, 0.29) is 6.04 Å². The fourth-order valence-electron chi connectivity index (χ4n) is 2.19. The Bertz CT molecular complexity index is 581. The van der Waals surface area contributed by atoms with Gasteiger partial charge in [0.15, 0.2) is 0 Å². The van der Waals surface area contributed by atoms with Crippen molar-refractivity contribution in [2.75, 3.05) is 7.05 Å². The molecule has 1 unspecified atom stereocenters. The van der Waals surface area contributed by atoms with Crippen molar-refractivity contribution >= 4 is 27.3 Å². The first-order chi connectivity index (χ1) is 9.91. The summed E-state index contributed by atoms with van der Waals surface area (Å²) in [7, 11) is 1.77. The van der Waals surface area contributed by atoms with Crippen molar-refractivity contribution in [3.05, 3.63) is 56.2 Å². The third-order valence-corrected chi connectivity index (χ3v) is 4.80. The number of thiophene rings is 1. The van der Waals surface area contributed by atoms with Crippen LogP contribution in [-0.4, -0.2) is 7.05 Å². The summed E-state index contributed by atoms with van der Waals surface area (Å²) < 4.78 is 39.2. The average molecular weight is 378 g/mol. The van der Waals surface area contributed by atoms with E-state index in [9.17, 15) is 13.2 Å². The fourth-order valence-corrected chi connectivity index (χ4v) is 3.41. The number of alkyl halides is 3. The Labute approximate surface area is 134 Å². The molecular weight excluding hydrogens is 363 g/mol. The Hall–Kier alpha value is -0.850. The van der Waals surface area contributed by atoms with Crippen molar-refractivity contribution in [2.24, 2.45) is 0 Å². The minimum Gasteiger partial charge on any atom is -0.313 e. The van der Waals surface area contributed by atoms with E-state index in [1.807, 2.05) is 11.4 Å². The van der Waals surface area contributed by atoms with Gasteiger partial charge in [0.2, 0.25) is 0 Å². The molecule has 1 nitrogen and oxygen atoms in total. The predicted octanol–water partition coefficient (Wildman–Crippen LogP) is 5.42. The van der Waals surface area contributed by atoms with E-state index < -0.39 is 11.7 Å². The maximum absolute atomic E-state index is 12.8. The molecule has 2 rings (SSSR count). The minimum atomic E-state index is -4.32. The van der Waals surface area contributed by atoms with E-state index >= 15 is 0 Å². The highest BCUT2D eigenvalue weighted by atomic mass is 79.9.